The van der Waals surface area contributed by atoms with E-state index < -0.39 is 0 Å². The summed E-state index contributed by atoms with van der Waals surface area (Å²) in [5, 5.41) is 6.73. The summed E-state index contributed by atoms with van der Waals surface area (Å²) in [5.74, 6) is -0.333. The minimum Gasteiger partial charge on any atom is -0.465 e. The Morgan fingerprint density at radius 2 is 1.35 bits per heavy atom. The SMILES string of the molecule is COC(=O)c1cc2ccccc2c2c3c4ccccc4ccc3n(-c3ccccc3)c12. The summed E-state index contributed by atoms with van der Waals surface area (Å²) in [5.41, 5.74) is 3.53. The molecular formula is C28H19NO2. The monoisotopic (exact) mass is 401 g/mol. The van der Waals surface area contributed by atoms with E-state index in [1.807, 2.05) is 30.3 Å². The summed E-state index contributed by atoms with van der Waals surface area (Å²) < 4.78 is 7.41. The van der Waals surface area contributed by atoms with E-state index in [9.17, 15) is 4.79 Å². The van der Waals surface area contributed by atoms with Crippen molar-refractivity contribution < 1.29 is 9.53 Å². The number of hydrogen-bond acceptors (Lipinski definition) is 2. The highest BCUT2D eigenvalue weighted by Crippen LogP contribution is 2.42. The average Bonchev–Trinajstić information content (AvgIpc) is 3.19. The van der Waals surface area contributed by atoms with Gasteiger partial charge in [0, 0.05) is 16.5 Å². The predicted octanol–water partition coefficient (Wildman–Crippen LogP) is 6.88. The molecule has 1 heterocycles. The molecule has 31 heavy (non-hydrogen) atoms. The minimum absolute atomic E-state index is 0.333. The highest BCUT2D eigenvalue weighted by atomic mass is 16.5. The van der Waals surface area contributed by atoms with Gasteiger partial charge in [0.2, 0.25) is 0 Å². The van der Waals surface area contributed by atoms with Crippen molar-refractivity contribution >= 4 is 49.3 Å². The first kappa shape index (κ1) is 17.7. The summed E-state index contributed by atoms with van der Waals surface area (Å²) in [7, 11) is 1.44. The molecule has 0 aliphatic rings. The molecule has 0 fully saturated rings. The Bertz CT molecular complexity index is 1630. The Balaban J connectivity index is 1.99. The van der Waals surface area contributed by atoms with Crippen molar-refractivity contribution in [3.05, 3.63) is 103 Å². The smallest absolute Gasteiger partial charge is 0.340 e. The van der Waals surface area contributed by atoms with Gasteiger partial charge in [-0.05, 0) is 45.8 Å². The molecular weight excluding hydrogens is 382 g/mol. The van der Waals surface area contributed by atoms with Crippen molar-refractivity contribution in [2.24, 2.45) is 0 Å². The van der Waals surface area contributed by atoms with E-state index in [0.717, 1.165) is 38.3 Å². The topological polar surface area (TPSA) is 31.2 Å². The molecule has 1 aromatic heterocycles. The molecule has 0 bridgehead atoms. The maximum absolute atomic E-state index is 13.0. The summed E-state index contributed by atoms with van der Waals surface area (Å²) in [6.07, 6.45) is 0. The largest absolute Gasteiger partial charge is 0.465 e. The van der Waals surface area contributed by atoms with E-state index >= 15 is 0 Å². The molecule has 6 rings (SSSR count). The fraction of sp³-hybridized carbons (Fsp3) is 0.0357. The third-order valence-corrected chi connectivity index (χ3v) is 6.06. The van der Waals surface area contributed by atoms with Crippen molar-refractivity contribution in [1.82, 2.24) is 4.57 Å². The van der Waals surface area contributed by atoms with Gasteiger partial charge in [-0.15, -0.1) is 0 Å². The van der Waals surface area contributed by atoms with Gasteiger partial charge in [-0.3, -0.25) is 0 Å². The Hall–Kier alpha value is -4.11. The van der Waals surface area contributed by atoms with Crippen LogP contribution in [0.5, 0.6) is 0 Å². The van der Waals surface area contributed by atoms with Crippen LogP contribution < -0.4 is 0 Å². The van der Waals surface area contributed by atoms with Crippen LogP contribution in [0.4, 0.5) is 0 Å². The molecule has 5 aromatic carbocycles. The molecule has 0 unspecified atom stereocenters. The zero-order valence-electron chi connectivity index (χ0n) is 17.0. The molecule has 0 aliphatic carbocycles. The van der Waals surface area contributed by atoms with Crippen LogP contribution in [0.2, 0.25) is 0 Å². The number of carbonyl (C=O) groups is 1. The summed E-state index contributed by atoms with van der Waals surface area (Å²) in [6, 6.07) is 33.1. The quantitative estimate of drug-likeness (QED) is 0.296. The number of rotatable bonds is 2. The number of fused-ring (bicyclic) bond motifs is 7. The molecule has 0 aliphatic heterocycles. The lowest BCUT2D eigenvalue weighted by Gasteiger charge is -2.11. The lowest BCUT2D eigenvalue weighted by Crippen LogP contribution is -2.05. The van der Waals surface area contributed by atoms with Crippen LogP contribution in [0.15, 0.2) is 97.1 Å². The predicted molar refractivity (Wildman–Crippen MR) is 127 cm³/mol. The molecule has 0 saturated carbocycles. The number of aromatic nitrogens is 1. The first-order chi connectivity index (χ1) is 15.3. The maximum atomic E-state index is 13.0. The average molecular weight is 401 g/mol. The summed E-state index contributed by atoms with van der Waals surface area (Å²) in [4.78, 5) is 13.0. The lowest BCUT2D eigenvalue weighted by atomic mass is 9.97. The molecule has 0 spiro atoms. The second-order valence-electron chi connectivity index (χ2n) is 7.71. The van der Waals surface area contributed by atoms with E-state index in [0.29, 0.717) is 5.56 Å². The van der Waals surface area contributed by atoms with Crippen molar-refractivity contribution in [2.75, 3.05) is 7.11 Å². The van der Waals surface area contributed by atoms with Crippen LogP contribution >= 0.6 is 0 Å². The molecule has 3 heteroatoms. The fourth-order valence-corrected chi connectivity index (χ4v) is 4.76. The van der Waals surface area contributed by atoms with Gasteiger partial charge >= 0.3 is 5.97 Å². The number of hydrogen-bond donors (Lipinski definition) is 0. The number of esters is 1. The molecule has 6 aromatic rings. The van der Waals surface area contributed by atoms with Gasteiger partial charge in [0.1, 0.15) is 0 Å². The second-order valence-corrected chi connectivity index (χ2v) is 7.71. The van der Waals surface area contributed by atoms with E-state index in [2.05, 4.69) is 71.3 Å². The van der Waals surface area contributed by atoms with E-state index in [1.54, 1.807) is 0 Å². The molecule has 0 atom stereocenters. The number of carbonyl (C=O) groups excluding carboxylic acids is 1. The third-order valence-electron chi connectivity index (χ3n) is 6.06. The first-order valence-electron chi connectivity index (χ1n) is 10.3. The van der Waals surface area contributed by atoms with Crippen LogP contribution in [0, 0.1) is 0 Å². The fourth-order valence-electron chi connectivity index (χ4n) is 4.76. The maximum Gasteiger partial charge on any atom is 0.340 e. The van der Waals surface area contributed by atoms with Crippen LogP contribution in [-0.2, 0) is 4.74 Å². The lowest BCUT2D eigenvalue weighted by molar-refractivity contribution is 0.0603. The minimum atomic E-state index is -0.333. The molecule has 0 N–H and O–H groups in total. The van der Waals surface area contributed by atoms with Crippen molar-refractivity contribution in [2.45, 2.75) is 0 Å². The highest BCUT2D eigenvalue weighted by Gasteiger charge is 2.23. The Morgan fingerprint density at radius 3 is 2.10 bits per heavy atom. The number of ether oxygens (including phenoxy) is 1. The normalized spacial score (nSPS) is 11.5. The van der Waals surface area contributed by atoms with Crippen LogP contribution in [0.25, 0.3) is 49.0 Å². The van der Waals surface area contributed by atoms with Crippen molar-refractivity contribution in [3.63, 3.8) is 0 Å². The van der Waals surface area contributed by atoms with E-state index in [1.165, 1.54) is 17.9 Å². The molecule has 0 saturated heterocycles. The molecule has 0 radical (unpaired) electrons. The van der Waals surface area contributed by atoms with Gasteiger partial charge in [-0.25, -0.2) is 4.79 Å². The number of benzene rings is 5. The first-order valence-corrected chi connectivity index (χ1v) is 10.3. The standard InChI is InChI=1S/C28H19NO2/c1-31-28(30)23-17-19-10-6-8-14-22(19)26-25-21-13-7-5-9-18(21)15-16-24(25)29(27(23)26)20-11-3-2-4-12-20/h2-17H,1H3. The number of para-hydroxylation sites is 1. The van der Waals surface area contributed by atoms with Gasteiger partial charge in [-0.1, -0.05) is 72.8 Å². The Kier molecular flexibility index (Phi) is 3.84. The van der Waals surface area contributed by atoms with Gasteiger partial charge < -0.3 is 9.30 Å². The highest BCUT2D eigenvalue weighted by molar-refractivity contribution is 6.31. The summed E-state index contributed by atoms with van der Waals surface area (Å²) in [6.45, 7) is 0. The number of nitrogens with zero attached hydrogens (tertiary/aromatic N) is 1. The van der Waals surface area contributed by atoms with Crippen molar-refractivity contribution in [1.29, 1.82) is 0 Å². The van der Waals surface area contributed by atoms with E-state index in [4.69, 9.17) is 4.74 Å². The second kappa shape index (κ2) is 6.71. The van der Waals surface area contributed by atoms with Crippen LogP contribution in [0.3, 0.4) is 0 Å². The van der Waals surface area contributed by atoms with Crippen LogP contribution in [0.1, 0.15) is 10.4 Å². The molecule has 148 valence electrons. The van der Waals surface area contributed by atoms with Gasteiger partial charge in [0.25, 0.3) is 0 Å². The Morgan fingerprint density at radius 1 is 0.710 bits per heavy atom. The van der Waals surface area contributed by atoms with E-state index in [-0.39, 0.29) is 5.97 Å². The van der Waals surface area contributed by atoms with Gasteiger partial charge in [0.15, 0.2) is 0 Å². The van der Waals surface area contributed by atoms with Gasteiger partial charge in [-0.2, -0.15) is 0 Å². The van der Waals surface area contributed by atoms with Crippen LogP contribution in [-0.4, -0.2) is 17.6 Å². The zero-order chi connectivity index (χ0) is 20.9. The Labute approximate surface area is 179 Å². The molecule has 3 nitrogen and oxygen atoms in total. The third kappa shape index (κ3) is 2.50. The molecule has 0 amide bonds. The zero-order valence-corrected chi connectivity index (χ0v) is 17.0. The summed E-state index contributed by atoms with van der Waals surface area (Å²) >= 11 is 0. The van der Waals surface area contributed by atoms with Gasteiger partial charge in [0.05, 0.1) is 23.7 Å². The number of methoxy groups -OCH3 is 1. The van der Waals surface area contributed by atoms with Crippen molar-refractivity contribution in [3.8, 4) is 5.69 Å².